The van der Waals surface area contributed by atoms with Gasteiger partial charge in [0.1, 0.15) is 0 Å². The number of benzene rings is 1. The van der Waals surface area contributed by atoms with Crippen molar-refractivity contribution in [2.24, 2.45) is 7.05 Å². The molecule has 3 aromatic rings. The van der Waals surface area contributed by atoms with Gasteiger partial charge in [-0.3, -0.25) is 4.68 Å². The SMILES string of the molecule is Cc1cc(-n2cccn2)ccc1NC(=O)Nc1cnn(C)c1. The molecule has 0 aliphatic carbocycles. The van der Waals surface area contributed by atoms with Gasteiger partial charge in [-0.2, -0.15) is 10.2 Å². The molecule has 0 bridgehead atoms. The number of hydrogen-bond acceptors (Lipinski definition) is 3. The normalized spacial score (nSPS) is 10.5. The zero-order valence-electron chi connectivity index (χ0n) is 12.3. The van der Waals surface area contributed by atoms with Crippen molar-refractivity contribution in [3.8, 4) is 5.69 Å². The van der Waals surface area contributed by atoms with Gasteiger partial charge in [0.15, 0.2) is 0 Å². The zero-order valence-corrected chi connectivity index (χ0v) is 12.3. The van der Waals surface area contributed by atoms with E-state index < -0.39 is 0 Å². The lowest BCUT2D eigenvalue weighted by atomic mass is 10.2. The van der Waals surface area contributed by atoms with Gasteiger partial charge in [0.25, 0.3) is 0 Å². The quantitative estimate of drug-likeness (QED) is 0.780. The zero-order chi connectivity index (χ0) is 15.5. The van der Waals surface area contributed by atoms with Crippen molar-refractivity contribution in [1.29, 1.82) is 0 Å². The summed E-state index contributed by atoms with van der Waals surface area (Å²) < 4.78 is 3.40. The Balaban J connectivity index is 1.71. The largest absolute Gasteiger partial charge is 0.323 e. The monoisotopic (exact) mass is 296 g/mol. The number of urea groups is 1. The third kappa shape index (κ3) is 2.98. The Morgan fingerprint density at radius 1 is 1.23 bits per heavy atom. The number of aryl methyl sites for hydroxylation is 2. The first-order chi connectivity index (χ1) is 10.6. The van der Waals surface area contributed by atoms with E-state index in [4.69, 9.17) is 0 Å². The fourth-order valence-electron chi connectivity index (χ4n) is 2.12. The van der Waals surface area contributed by atoms with Crippen molar-refractivity contribution in [3.05, 3.63) is 54.6 Å². The number of nitrogens with one attached hydrogen (secondary N) is 2. The van der Waals surface area contributed by atoms with Crippen molar-refractivity contribution in [3.63, 3.8) is 0 Å². The van der Waals surface area contributed by atoms with Crippen molar-refractivity contribution in [2.75, 3.05) is 10.6 Å². The van der Waals surface area contributed by atoms with Crippen molar-refractivity contribution in [2.45, 2.75) is 6.92 Å². The summed E-state index contributed by atoms with van der Waals surface area (Å²) in [7, 11) is 1.79. The Morgan fingerprint density at radius 2 is 2.09 bits per heavy atom. The molecule has 0 unspecified atom stereocenters. The van der Waals surface area contributed by atoms with Crippen molar-refractivity contribution >= 4 is 17.4 Å². The topological polar surface area (TPSA) is 76.8 Å². The van der Waals surface area contributed by atoms with Crippen molar-refractivity contribution in [1.82, 2.24) is 19.6 Å². The van der Waals surface area contributed by atoms with Gasteiger partial charge in [-0.1, -0.05) is 0 Å². The second-order valence-electron chi connectivity index (χ2n) is 4.93. The molecule has 0 atom stereocenters. The standard InChI is InChI=1S/C15H16N6O/c1-11-8-13(21-7-3-6-16-21)4-5-14(11)19-15(22)18-12-9-17-20(2)10-12/h3-10H,1-2H3,(H2,18,19,22). The van der Waals surface area contributed by atoms with Gasteiger partial charge in [0.2, 0.25) is 0 Å². The summed E-state index contributed by atoms with van der Waals surface area (Å²) in [6.07, 6.45) is 6.92. The molecule has 0 saturated heterocycles. The summed E-state index contributed by atoms with van der Waals surface area (Å²) in [4.78, 5) is 12.0. The third-order valence-corrected chi connectivity index (χ3v) is 3.19. The lowest BCUT2D eigenvalue weighted by molar-refractivity contribution is 0.262. The highest BCUT2D eigenvalue weighted by molar-refractivity contribution is 6.00. The average Bonchev–Trinajstić information content (AvgIpc) is 3.13. The van der Waals surface area contributed by atoms with Crippen LogP contribution in [0.1, 0.15) is 5.56 Å². The summed E-state index contributed by atoms with van der Waals surface area (Å²) in [6.45, 7) is 1.94. The molecule has 7 heteroatoms. The maximum absolute atomic E-state index is 12.0. The fraction of sp³-hybridized carbons (Fsp3) is 0.133. The van der Waals surface area contributed by atoms with Crippen LogP contribution < -0.4 is 10.6 Å². The van der Waals surface area contributed by atoms with Crippen LogP contribution in [0.4, 0.5) is 16.2 Å². The molecule has 0 saturated carbocycles. The molecular weight excluding hydrogens is 280 g/mol. The van der Waals surface area contributed by atoms with E-state index in [0.717, 1.165) is 16.9 Å². The maximum atomic E-state index is 12.0. The van der Waals surface area contributed by atoms with Crippen LogP contribution in [0.5, 0.6) is 0 Å². The lowest BCUT2D eigenvalue weighted by Gasteiger charge is -2.10. The summed E-state index contributed by atoms with van der Waals surface area (Å²) in [5.41, 5.74) is 3.29. The molecule has 1 aromatic carbocycles. The Hall–Kier alpha value is -3.09. The summed E-state index contributed by atoms with van der Waals surface area (Å²) >= 11 is 0. The highest BCUT2D eigenvalue weighted by Crippen LogP contribution is 2.19. The number of rotatable bonds is 3. The molecular formula is C15H16N6O. The van der Waals surface area contributed by atoms with Gasteiger partial charge in [-0.15, -0.1) is 0 Å². The van der Waals surface area contributed by atoms with Gasteiger partial charge < -0.3 is 10.6 Å². The van der Waals surface area contributed by atoms with Gasteiger partial charge >= 0.3 is 6.03 Å². The number of nitrogens with zero attached hydrogens (tertiary/aromatic N) is 4. The molecule has 0 radical (unpaired) electrons. The fourth-order valence-corrected chi connectivity index (χ4v) is 2.12. The van der Waals surface area contributed by atoms with Crippen LogP contribution in [0.25, 0.3) is 5.69 Å². The van der Waals surface area contributed by atoms with Gasteiger partial charge in [0, 0.05) is 31.3 Å². The molecule has 112 valence electrons. The van der Waals surface area contributed by atoms with Crippen LogP contribution in [0.15, 0.2) is 49.1 Å². The second-order valence-corrected chi connectivity index (χ2v) is 4.93. The molecule has 0 aliphatic heterocycles. The molecule has 22 heavy (non-hydrogen) atoms. The average molecular weight is 296 g/mol. The second kappa shape index (κ2) is 5.72. The molecule has 0 fully saturated rings. The van der Waals surface area contributed by atoms with E-state index >= 15 is 0 Å². The van der Waals surface area contributed by atoms with E-state index in [1.54, 1.807) is 35.0 Å². The molecule has 2 amide bonds. The van der Waals surface area contributed by atoms with Gasteiger partial charge in [-0.25, -0.2) is 9.48 Å². The van der Waals surface area contributed by atoms with E-state index in [1.807, 2.05) is 37.4 Å². The minimum absolute atomic E-state index is 0.303. The van der Waals surface area contributed by atoms with E-state index in [2.05, 4.69) is 20.8 Å². The lowest BCUT2D eigenvalue weighted by Crippen LogP contribution is -2.19. The first-order valence-corrected chi connectivity index (χ1v) is 6.79. The minimum Gasteiger partial charge on any atom is -0.307 e. The van der Waals surface area contributed by atoms with Crippen molar-refractivity contribution < 1.29 is 4.79 Å². The van der Waals surface area contributed by atoms with Gasteiger partial charge in [-0.05, 0) is 36.8 Å². The molecule has 0 aliphatic rings. The number of hydrogen-bond donors (Lipinski definition) is 2. The van der Waals surface area contributed by atoms with E-state index in [1.165, 1.54) is 0 Å². The van der Waals surface area contributed by atoms with E-state index in [9.17, 15) is 4.79 Å². The van der Waals surface area contributed by atoms with Crippen LogP contribution in [0, 0.1) is 6.92 Å². The number of carbonyl (C=O) groups is 1. The summed E-state index contributed by atoms with van der Waals surface area (Å²) in [5.74, 6) is 0. The summed E-state index contributed by atoms with van der Waals surface area (Å²) in [6, 6.07) is 7.28. The molecule has 7 nitrogen and oxygen atoms in total. The molecule has 0 spiro atoms. The van der Waals surface area contributed by atoms with Crippen LogP contribution >= 0.6 is 0 Å². The summed E-state index contributed by atoms with van der Waals surface area (Å²) in [5, 5.41) is 13.7. The molecule has 2 heterocycles. The predicted molar refractivity (Wildman–Crippen MR) is 84.2 cm³/mol. The molecule has 2 N–H and O–H groups in total. The molecule has 2 aromatic heterocycles. The van der Waals surface area contributed by atoms with Crippen LogP contribution in [0.2, 0.25) is 0 Å². The third-order valence-electron chi connectivity index (χ3n) is 3.19. The number of amides is 2. The number of carbonyl (C=O) groups excluding carboxylic acids is 1. The Bertz CT molecular complexity index is 790. The predicted octanol–water partition coefficient (Wildman–Crippen LogP) is 2.56. The van der Waals surface area contributed by atoms with E-state index in [-0.39, 0.29) is 6.03 Å². The first kappa shape index (κ1) is 13.9. The van der Waals surface area contributed by atoms with Crippen LogP contribution in [0.3, 0.4) is 0 Å². The smallest absolute Gasteiger partial charge is 0.307 e. The van der Waals surface area contributed by atoms with E-state index in [0.29, 0.717) is 5.69 Å². The minimum atomic E-state index is -0.303. The maximum Gasteiger partial charge on any atom is 0.323 e. The van der Waals surface area contributed by atoms with Crippen LogP contribution in [-0.2, 0) is 7.05 Å². The Kier molecular flexibility index (Phi) is 3.61. The van der Waals surface area contributed by atoms with Crippen LogP contribution in [-0.4, -0.2) is 25.6 Å². The highest BCUT2D eigenvalue weighted by atomic mass is 16.2. The first-order valence-electron chi connectivity index (χ1n) is 6.79. The number of aromatic nitrogens is 4. The molecule has 3 rings (SSSR count). The Morgan fingerprint density at radius 3 is 2.73 bits per heavy atom. The Labute approximate surface area is 127 Å². The number of anilines is 2. The highest BCUT2D eigenvalue weighted by Gasteiger charge is 2.07. The van der Waals surface area contributed by atoms with Gasteiger partial charge in [0.05, 0.1) is 17.6 Å².